The lowest BCUT2D eigenvalue weighted by Gasteiger charge is -2.34. The van der Waals surface area contributed by atoms with Gasteiger partial charge in [0.05, 0.1) is 12.2 Å². The third kappa shape index (κ3) is 4.47. The highest BCUT2D eigenvalue weighted by molar-refractivity contribution is 7.09. The number of benzene rings is 1. The summed E-state index contributed by atoms with van der Waals surface area (Å²) in [5, 5.41) is 3.46. The van der Waals surface area contributed by atoms with Crippen LogP contribution in [0.5, 0.6) is 0 Å². The SMILES string of the molecule is O=C(CCc1ccccc1)N1CCN(Cc2nc(C3CC3)cs2)CC1. The van der Waals surface area contributed by atoms with Crippen LogP contribution >= 0.6 is 11.3 Å². The third-order valence-electron chi connectivity index (χ3n) is 5.12. The number of rotatable bonds is 6. The van der Waals surface area contributed by atoms with Crippen LogP contribution in [0.1, 0.15) is 41.4 Å². The van der Waals surface area contributed by atoms with E-state index in [0.29, 0.717) is 6.42 Å². The molecule has 1 amide bonds. The third-order valence-corrected chi connectivity index (χ3v) is 5.97. The monoisotopic (exact) mass is 355 g/mol. The molecule has 1 aliphatic carbocycles. The molecule has 0 radical (unpaired) electrons. The minimum atomic E-state index is 0.286. The van der Waals surface area contributed by atoms with E-state index in [1.54, 1.807) is 11.3 Å². The molecular weight excluding hydrogens is 330 g/mol. The first kappa shape index (κ1) is 16.7. The maximum atomic E-state index is 12.4. The number of nitrogens with zero attached hydrogens (tertiary/aromatic N) is 3. The first-order chi connectivity index (χ1) is 12.3. The van der Waals surface area contributed by atoms with Gasteiger partial charge in [-0.15, -0.1) is 11.3 Å². The zero-order valence-corrected chi connectivity index (χ0v) is 15.4. The van der Waals surface area contributed by atoms with Gasteiger partial charge in [0.15, 0.2) is 0 Å². The van der Waals surface area contributed by atoms with Gasteiger partial charge in [0.25, 0.3) is 0 Å². The second-order valence-corrected chi connectivity index (χ2v) is 8.03. The Kier molecular flexibility index (Phi) is 5.13. The molecule has 2 aromatic rings. The molecule has 4 nitrogen and oxygen atoms in total. The number of aromatic nitrogens is 1. The lowest BCUT2D eigenvalue weighted by molar-refractivity contribution is -0.133. The normalized spacial score (nSPS) is 18.5. The van der Waals surface area contributed by atoms with Crippen molar-refractivity contribution in [3.05, 3.63) is 52.0 Å². The van der Waals surface area contributed by atoms with Gasteiger partial charge in [0, 0.05) is 43.9 Å². The summed E-state index contributed by atoms with van der Waals surface area (Å²) in [5.74, 6) is 1.03. The van der Waals surface area contributed by atoms with E-state index in [1.807, 2.05) is 23.1 Å². The molecule has 2 fully saturated rings. The smallest absolute Gasteiger partial charge is 0.222 e. The number of aryl methyl sites for hydroxylation is 1. The number of amides is 1. The highest BCUT2D eigenvalue weighted by atomic mass is 32.1. The van der Waals surface area contributed by atoms with Crippen LogP contribution in [-0.4, -0.2) is 46.9 Å². The van der Waals surface area contributed by atoms with E-state index in [0.717, 1.165) is 45.1 Å². The van der Waals surface area contributed by atoms with Crippen LogP contribution < -0.4 is 0 Å². The standard InChI is InChI=1S/C20H25N3OS/c24-20(9-6-16-4-2-1-3-5-16)23-12-10-22(11-13-23)14-19-21-18(15-25-19)17-7-8-17/h1-5,15,17H,6-14H2. The molecule has 1 aliphatic heterocycles. The second-order valence-electron chi connectivity index (χ2n) is 7.08. The van der Waals surface area contributed by atoms with Crippen molar-refractivity contribution in [3.8, 4) is 0 Å². The van der Waals surface area contributed by atoms with Crippen LogP contribution in [0.3, 0.4) is 0 Å². The summed E-state index contributed by atoms with van der Waals surface area (Å²) in [4.78, 5) is 21.7. The Hall–Kier alpha value is -1.72. The Balaban J connectivity index is 1.21. The molecule has 1 saturated carbocycles. The maximum Gasteiger partial charge on any atom is 0.222 e. The Morgan fingerprint density at radius 1 is 1.12 bits per heavy atom. The van der Waals surface area contributed by atoms with E-state index in [-0.39, 0.29) is 5.91 Å². The molecule has 5 heteroatoms. The Morgan fingerprint density at radius 3 is 2.60 bits per heavy atom. The quantitative estimate of drug-likeness (QED) is 0.798. The predicted octanol–water partition coefficient (Wildman–Crippen LogP) is 3.30. The maximum absolute atomic E-state index is 12.4. The van der Waals surface area contributed by atoms with Crippen LogP contribution in [0, 0.1) is 0 Å². The van der Waals surface area contributed by atoms with E-state index >= 15 is 0 Å². The summed E-state index contributed by atoms with van der Waals surface area (Å²) < 4.78 is 0. The molecule has 0 N–H and O–H groups in total. The van der Waals surface area contributed by atoms with Gasteiger partial charge in [-0.05, 0) is 24.8 Å². The van der Waals surface area contributed by atoms with E-state index in [1.165, 1.54) is 29.1 Å². The van der Waals surface area contributed by atoms with Crippen molar-refractivity contribution in [2.45, 2.75) is 38.1 Å². The van der Waals surface area contributed by atoms with Gasteiger partial charge in [-0.25, -0.2) is 4.98 Å². The molecule has 0 unspecified atom stereocenters. The Morgan fingerprint density at radius 2 is 1.88 bits per heavy atom. The van der Waals surface area contributed by atoms with E-state index < -0.39 is 0 Å². The molecule has 1 aromatic heterocycles. The number of hydrogen-bond donors (Lipinski definition) is 0. The molecule has 132 valence electrons. The molecule has 4 rings (SSSR count). The van der Waals surface area contributed by atoms with Crippen LogP contribution in [0.2, 0.25) is 0 Å². The number of thiazole rings is 1. The first-order valence-electron chi connectivity index (χ1n) is 9.26. The summed E-state index contributed by atoms with van der Waals surface area (Å²) in [6.07, 6.45) is 4.07. The van der Waals surface area contributed by atoms with Gasteiger partial charge < -0.3 is 4.90 Å². The molecule has 0 atom stereocenters. The molecule has 0 bridgehead atoms. The zero-order valence-electron chi connectivity index (χ0n) is 14.6. The topological polar surface area (TPSA) is 36.4 Å². The summed E-state index contributed by atoms with van der Waals surface area (Å²) in [6.45, 7) is 4.53. The van der Waals surface area contributed by atoms with Gasteiger partial charge in [0.2, 0.25) is 5.91 Å². The molecule has 25 heavy (non-hydrogen) atoms. The average molecular weight is 356 g/mol. The summed E-state index contributed by atoms with van der Waals surface area (Å²) in [5.41, 5.74) is 2.54. The molecule has 0 spiro atoms. The fraction of sp³-hybridized carbons (Fsp3) is 0.500. The van der Waals surface area contributed by atoms with E-state index in [9.17, 15) is 4.79 Å². The number of carbonyl (C=O) groups is 1. The molecule has 2 heterocycles. The largest absolute Gasteiger partial charge is 0.340 e. The second kappa shape index (κ2) is 7.67. The lowest BCUT2D eigenvalue weighted by Crippen LogP contribution is -2.48. The van der Waals surface area contributed by atoms with Gasteiger partial charge in [-0.1, -0.05) is 30.3 Å². The molecule has 1 aromatic carbocycles. The summed E-state index contributed by atoms with van der Waals surface area (Å²) in [7, 11) is 0. The van der Waals surface area contributed by atoms with E-state index in [4.69, 9.17) is 4.98 Å². The van der Waals surface area contributed by atoms with Crippen molar-refractivity contribution in [1.82, 2.24) is 14.8 Å². The zero-order chi connectivity index (χ0) is 17.1. The summed E-state index contributed by atoms with van der Waals surface area (Å²) >= 11 is 1.79. The fourth-order valence-electron chi connectivity index (χ4n) is 3.37. The highest BCUT2D eigenvalue weighted by Gasteiger charge is 2.27. The Labute approximate surface area is 153 Å². The minimum absolute atomic E-state index is 0.286. The van der Waals surface area contributed by atoms with Gasteiger partial charge >= 0.3 is 0 Å². The number of hydrogen-bond acceptors (Lipinski definition) is 4. The predicted molar refractivity (Wildman–Crippen MR) is 101 cm³/mol. The lowest BCUT2D eigenvalue weighted by atomic mass is 10.1. The van der Waals surface area contributed by atoms with Gasteiger partial charge in [0.1, 0.15) is 5.01 Å². The van der Waals surface area contributed by atoms with Crippen molar-refractivity contribution in [3.63, 3.8) is 0 Å². The fourth-order valence-corrected chi connectivity index (χ4v) is 4.28. The van der Waals surface area contributed by atoms with Gasteiger partial charge in [-0.2, -0.15) is 0 Å². The molecular formula is C20H25N3OS. The highest BCUT2D eigenvalue weighted by Crippen LogP contribution is 2.40. The van der Waals surface area contributed by atoms with Crippen LogP contribution in [0.15, 0.2) is 35.7 Å². The first-order valence-corrected chi connectivity index (χ1v) is 10.1. The Bertz CT molecular complexity index is 703. The van der Waals surface area contributed by atoms with Crippen molar-refractivity contribution >= 4 is 17.2 Å². The molecule has 2 aliphatic rings. The average Bonchev–Trinajstić information content (AvgIpc) is 3.41. The summed E-state index contributed by atoms with van der Waals surface area (Å²) in [6, 6.07) is 10.3. The van der Waals surface area contributed by atoms with E-state index in [2.05, 4.69) is 22.4 Å². The van der Waals surface area contributed by atoms with Crippen molar-refractivity contribution in [2.75, 3.05) is 26.2 Å². The van der Waals surface area contributed by atoms with Crippen molar-refractivity contribution < 1.29 is 4.79 Å². The minimum Gasteiger partial charge on any atom is -0.340 e. The van der Waals surface area contributed by atoms with Gasteiger partial charge in [-0.3, -0.25) is 9.69 Å². The van der Waals surface area contributed by atoms with Crippen molar-refractivity contribution in [2.24, 2.45) is 0 Å². The number of piperazine rings is 1. The number of carbonyl (C=O) groups excluding carboxylic acids is 1. The van der Waals surface area contributed by atoms with Crippen LogP contribution in [-0.2, 0) is 17.8 Å². The van der Waals surface area contributed by atoms with Crippen molar-refractivity contribution in [1.29, 1.82) is 0 Å². The van der Waals surface area contributed by atoms with Crippen LogP contribution in [0.25, 0.3) is 0 Å². The molecule has 1 saturated heterocycles. The van der Waals surface area contributed by atoms with Crippen LogP contribution in [0.4, 0.5) is 0 Å².